The lowest BCUT2D eigenvalue weighted by Crippen LogP contribution is -2.32. The molecule has 0 bridgehead atoms. The highest BCUT2D eigenvalue weighted by Crippen LogP contribution is 2.34. The summed E-state index contributed by atoms with van der Waals surface area (Å²) in [5, 5.41) is 3.39. The van der Waals surface area contributed by atoms with Gasteiger partial charge in [0.25, 0.3) is 5.91 Å². The second-order valence-corrected chi connectivity index (χ2v) is 6.92. The Morgan fingerprint density at radius 3 is 2.88 bits per heavy atom. The van der Waals surface area contributed by atoms with Crippen molar-refractivity contribution >= 4 is 11.7 Å². The number of aryl methyl sites for hydroxylation is 1. The average molecular weight is 337 g/mol. The molecule has 2 aromatic rings. The van der Waals surface area contributed by atoms with Crippen LogP contribution in [0.2, 0.25) is 0 Å². The SMILES string of the molecule is Cc1ccccc1C(=O)N1C[C@@H]2[C@H](CNc3ccccn3)CO[C@@H]2C1. The molecule has 3 atom stereocenters. The highest BCUT2D eigenvalue weighted by atomic mass is 16.5. The van der Waals surface area contributed by atoms with Crippen molar-refractivity contribution in [3.05, 3.63) is 59.8 Å². The number of nitrogens with zero attached hydrogens (tertiary/aromatic N) is 2. The van der Waals surface area contributed by atoms with E-state index in [-0.39, 0.29) is 12.0 Å². The van der Waals surface area contributed by atoms with Crippen LogP contribution in [0, 0.1) is 18.8 Å². The highest BCUT2D eigenvalue weighted by molar-refractivity contribution is 5.95. The van der Waals surface area contributed by atoms with Crippen molar-refractivity contribution in [3.8, 4) is 0 Å². The third-order valence-corrected chi connectivity index (χ3v) is 5.31. The minimum absolute atomic E-state index is 0.118. The van der Waals surface area contributed by atoms with Crippen molar-refractivity contribution in [1.82, 2.24) is 9.88 Å². The lowest BCUT2D eigenvalue weighted by atomic mass is 9.93. The standard InChI is InChI=1S/C20H23N3O2/c1-14-6-2-3-7-16(14)20(24)23-11-17-15(13-25-18(17)12-23)10-22-19-8-4-5-9-21-19/h2-9,15,17-18H,10-13H2,1H3,(H,21,22)/t15-,17-,18-/m1/s1. The number of rotatable bonds is 4. The summed E-state index contributed by atoms with van der Waals surface area (Å²) in [7, 11) is 0. The number of anilines is 1. The van der Waals surface area contributed by atoms with Crippen LogP contribution < -0.4 is 5.32 Å². The van der Waals surface area contributed by atoms with Crippen molar-refractivity contribution in [2.75, 3.05) is 31.6 Å². The number of likely N-dealkylation sites (tertiary alicyclic amines) is 1. The summed E-state index contributed by atoms with van der Waals surface area (Å²) in [5.41, 5.74) is 1.82. The summed E-state index contributed by atoms with van der Waals surface area (Å²) in [6.45, 7) is 5.02. The van der Waals surface area contributed by atoms with Crippen molar-refractivity contribution in [1.29, 1.82) is 0 Å². The molecule has 0 radical (unpaired) electrons. The Morgan fingerprint density at radius 1 is 1.24 bits per heavy atom. The first-order valence-corrected chi connectivity index (χ1v) is 8.84. The van der Waals surface area contributed by atoms with Gasteiger partial charge >= 0.3 is 0 Å². The fourth-order valence-corrected chi connectivity index (χ4v) is 3.86. The zero-order chi connectivity index (χ0) is 17.2. The summed E-state index contributed by atoms with van der Waals surface area (Å²) in [4.78, 5) is 19.1. The molecule has 5 nitrogen and oxygen atoms in total. The highest BCUT2D eigenvalue weighted by Gasteiger charge is 2.45. The number of nitrogens with one attached hydrogen (secondary N) is 1. The largest absolute Gasteiger partial charge is 0.376 e. The minimum Gasteiger partial charge on any atom is -0.376 e. The first-order chi connectivity index (χ1) is 12.2. The van der Waals surface area contributed by atoms with E-state index in [9.17, 15) is 4.79 Å². The molecule has 4 rings (SSSR count). The number of carbonyl (C=O) groups excluding carboxylic acids is 1. The maximum absolute atomic E-state index is 12.8. The molecule has 0 saturated carbocycles. The number of aromatic nitrogens is 1. The lowest BCUT2D eigenvalue weighted by molar-refractivity contribution is 0.0679. The number of benzene rings is 1. The molecule has 25 heavy (non-hydrogen) atoms. The van der Waals surface area contributed by atoms with Gasteiger partial charge in [0, 0.05) is 43.2 Å². The van der Waals surface area contributed by atoms with Gasteiger partial charge in [-0.1, -0.05) is 24.3 Å². The van der Waals surface area contributed by atoms with Gasteiger partial charge in [0.05, 0.1) is 12.7 Å². The van der Waals surface area contributed by atoms with E-state index in [0.29, 0.717) is 18.4 Å². The van der Waals surface area contributed by atoms with Crippen LogP contribution in [-0.4, -0.2) is 48.1 Å². The Morgan fingerprint density at radius 2 is 2.08 bits per heavy atom. The number of ether oxygens (including phenoxy) is 1. The molecule has 0 spiro atoms. The molecule has 0 unspecified atom stereocenters. The van der Waals surface area contributed by atoms with E-state index in [1.807, 2.05) is 54.3 Å². The Balaban J connectivity index is 1.39. The van der Waals surface area contributed by atoms with Gasteiger partial charge in [-0.25, -0.2) is 4.98 Å². The van der Waals surface area contributed by atoms with Gasteiger partial charge in [0.15, 0.2) is 0 Å². The topological polar surface area (TPSA) is 54.5 Å². The molecule has 1 aromatic heterocycles. The van der Waals surface area contributed by atoms with Crippen LogP contribution in [0.25, 0.3) is 0 Å². The van der Waals surface area contributed by atoms with Crippen molar-refractivity contribution in [2.24, 2.45) is 11.8 Å². The number of hydrogen-bond acceptors (Lipinski definition) is 4. The maximum atomic E-state index is 12.8. The normalized spacial score (nSPS) is 25.0. The van der Waals surface area contributed by atoms with E-state index < -0.39 is 0 Å². The molecule has 2 aliphatic rings. The lowest BCUT2D eigenvalue weighted by Gasteiger charge is -2.21. The zero-order valence-electron chi connectivity index (χ0n) is 14.4. The Hall–Kier alpha value is -2.40. The predicted molar refractivity (Wildman–Crippen MR) is 96.5 cm³/mol. The van der Waals surface area contributed by atoms with Gasteiger partial charge in [-0.05, 0) is 30.7 Å². The first-order valence-electron chi connectivity index (χ1n) is 8.84. The number of pyridine rings is 1. The molecule has 1 aromatic carbocycles. The summed E-state index contributed by atoms with van der Waals surface area (Å²) < 4.78 is 5.97. The van der Waals surface area contributed by atoms with Gasteiger partial charge in [-0.3, -0.25) is 4.79 Å². The van der Waals surface area contributed by atoms with Crippen LogP contribution in [0.15, 0.2) is 48.7 Å². The molecule has 1 N–H and O–H groups in total. The second kappa shape index (κ2) is 6.84. The van der Waals surface area contributed by atoms with Crippen molar-refractivity contribution in [2.45, 2.75) is 13.0 Å². The van der Waals surface area contributed by atoms with Gasteiger partial charge in [0.1, 0.15) is 5.82 Å². The molecule has 3 heterocycles. The number of amides is 1. The molecule has 5 heteroatoms. The molecule has 130 valence electrons. The first kappa shape index (κ1) is 16.1. The van der Waals surface area contributed by atoms with Crippen molar-refractivity contribution < 1.29 is 9.53 Å². The number of carbonyl (C=O) groups is 1. The third-order valence-electron chi connectivity index (χ3n) is 5.31. The van der Waals surface area contributed by atoms with Gasteiger partial charge in [0.2, 0.25) is 0 Å². The molecular formula is C20H23N3O2. The Bertz CT molecular complexity index is 750. The fraction of sp³-hybridized carbons (Fsp3) is 0.400. The summed E-state index contributed by atoms with van der Waals surface area (Å²) in [5.74, 6) is 1.80. The van der Waals surface area contributed by atoms with E-state index in [2.05, 4.69) is 10.3 Å². The van der Waals surface area contributed by atoms with Crippen LogP contribution in [0.5, 0.6) is 0 Å². The number of hydrogen-bond donors (Lipinski definition) is 1. The maximum Gasteiger partial charge on any atom is 0.254 e. The van der Waals surface area contributed by atoms with E-state index in [1.54, 1.807) is 6.20 Å². The molecular weight excluding hydrogens is 314 g/mol. The average Bonchev–Trinajstić information content (AvgIpc) is 3.22. The second-order valence-electron chi connectivity index (χ2n) is 6.92. The minimum atomic E-state index is 0.118. The fourth-order valence-electron chi connectivity index (χ4n) is 3.86. The van der Waals surface area contributed by atoms with Crippen LogP contribution >= 0.6 is 0 Å². The monoisotopic (exact) mass is 337 g/mol. The van der Waals surface area contributed by atoms with Gasteiger partial charge in [-0.15, -0.1) is 0 Å². The van der Waals surface area contributed by atoms with Crippen LogP contribution in [0.1, 0.15) is 15.9 Å². The van der Waals surface area contributed by atoms with E-state index in [1.165, 1.54) is 0 Å². The number of fused-ring (bicyclic) bond motifs is 1. The van der Waals surface area contributed by atoms with Gasteiger partial charge in [-0.2, -0.15) is 0 Å². The van der Waals surface area contributed by atoms with E-state index in [4.69, 9.17) is 4.74 Å². The van der Waals surface area contributed by atoms with E-state index >= 15 is 0 Å². The smallest absolute Gasteiger partial charge is 0.254 e. The summed E-state index contributed by atoms with van der Waals surface area (Å²) in [6.07, 6.45) is 1.94. The Labute approximate surface area is 148 Å². The molecule has 2 saturated heterocycles. The molecule has 0 aliphatic carbocycles. The molecule has 2 aliphatic heterocycles. The summed E-state index contributed by atoms with van der Waals surface area (Å²) in [6, 6.07) is 13.6. The summed E-state index contributed by atoms with van der Waals surface area (Å²) >= 11 is 0. The van der Waals surface area contributed by atoms with Crippen LogP contribution in [-0.2, 0) is 4.74 Å². The van der Waals surface area contributed by atoms with Crippen molar-refractivity contribution in [3.63, 3.8) is 0 Å². The zero-order valence-corrected chi connectivity index (χ0v) is 14.4. The Kier molecular flexibility index (Phi) is 4.40. The quantitative estimate of drug-likeness (QED) is 0.932. The molecule has 1 amide bonds. The van der Waals surface area contributed by atoms with Crippen LogP contribution in [0.4, 0.5) is 5.82 Å². The van der Waals surface area contributed by atoms with E-state index in [0.717, 1.165) is 36.6 Å². The predicted octanol–water partition coefficient (Wildman–Crippen LogP) is 2.59. The third kappa shape index (κ3) is 3.24. The van der Waals surface area contributed by atoms with Gasteiger partial charge < -0.3 is 15.0 Å². The van der Waals surface area contributed by atoms with Crippen LogP contribution in [0.3, 0.4) is 0 Å². The molecule has 2 fully saturated rings.